The van der Waals surface area contributed by atoms with Crippen LogP contribution in [0, 0.1) is 6.92 Å². The van der Waals surface area contributed by atoms with Gasteiger partial charge in [0.15, 0.2) is 0 Å². The normalized spacial score (nSPS) is 10.4. The summed E-state index contributed by atoms with van der Waals surface area (Å²) in [6.07, 6.45) is 2.18. The number of aryl methyl sites for hydroxylation is 1. The summed E-state index contributed by atoms with van der Waals surface area (Å²) < 4.78 is 4.70. The van der Waals surface area contributed by atoms with Crippen LogP contribution >= 0.6 is 0 Å². The number of amides is 2. The molecule has 2 aromatic carbocycles. The summed E-state index contributed by atoms with van der Waals surface area (Å²) in [5.41, 5.74) is 2.56. The van der Waals surface area contributed by atoms with E-state index < -0.39 is 11.9 Å². The number of esters is 1. The minimum atomic E-state index is -0.571. The van der Waals surface area contributed by atoms with E-state index in [1.807, 2.05) is 13.0 Å². The molecule has 0 aliphatic carbocycles. The number of hydrogen-bond acceptors (Lipinski definition) is 4. The first-order chi connectivity index (χ1) is 12.5. The van der Waals surface area contributed by atoms with E-state index in [0.717, 1.165) is 17.7 Å². The van der Waals surface area contributed by atoms with Crippen molar-refractivity contribution >= 4 is 29.2 Å². The Hall–Kier alpha value is -3.41. The van der Waals surface area contributed by atoms with E-state index in [1.165, 1.54) is 0 Å². The van der Waals surface area contributed by atoms with Crippen LogP contribution in [0.25, 0.3) is 0 Å². The van der Waals surface area contributed by atoms with Crippen molar-refractivity contribution in [3.63, 3.8) is 0 Å². The van der Waals surface area contributed by atoms with Gasteiger partial charge < -0.3 is 15.4 Å². The Balaban J connectivity index is 1.99. The standard InChI is InChI=1S/C20H20N2O4/c1-3-26-19(24)12-11-18(23)21-16-9-10-17(14(2)13-16)22-20(25)15-7-5-4-6-8-15/h4-13H,3H2,1-2H3,(H,21,23)(H,22,25)/b12-11+. The predicted molar refractivity (Wildman–Crippen MR) is 100.0 cm³/mol. The Morgan fingerprint density at radius 1 is 1.00 bits per heavy atom. The summed E-state index contributed by atoms with van der Waals surface area (Å²) >= 11 is 0. The number of ether oxygens (including phenoxy) is 1. The quantitative estimate of drug-likeness (QED) is 0.617. The van der Waals surface area contributed by atoms with Gasteiger partial charge in [-0.25, -0.2) is 4.79 Å². The van der Waals surface area contributed by atoms with Crippen molar-refractivity contribution in [2.75, 3.05) is 17.2 Å². The van der Waals surface area contributed by atoms with Crippen LogP contribution in [0.1, 0.15) is 22.8 Å². The fourth-order valence-corrected chi connectivity index (χ4v) is 2.18. The molecule has 0 spiro atoms. The molecule has 26 heavy (non-hydrogen) atoms. The van der Waals surface area contributed by atoms with Gasteiger partial charge in [0.2, 0.25) is 5.91 Å². The van der Waals surface area contributed by atoms with Crippen LogP contribution in [0.2, 0.25) is 0 Å². The minimum Gasteiger partial charge on any atom is -0.463 e. The van der Waals surface area contributed by atoms with E-state index in [0.29, 0.717) is 16.9 Å². The van der Waals surface area contributed by atoms with Gasteiger partial charge in [0.25, 0.3) is 5.91 Å². The van der Waals surface area contributed by atoms with Crippen LogP contribution in [-0.4, -0.2) is 24.4 Å². The molecule has 0 bridgehead atoms. The van der Waals surface area contributed by atoms with E-state index in [4.69, 9.17) is 4.74 Å². The van der Waals surface area contributed by atoms with Gasteiger partial charge in [-0.15, -0.1) is 0 Å². The van der Waals surface area contributed by atoms with Crippen LogP contribution in [-0.2, 0) is 14.3 Å². The molecule has 0 atom stereocenters. The van der Waals surface area contributed by atoms with E-state index in [2.05, 4.69) is 10.6 Å². The van der Waals surface area contributed by atoms with Crippen LogP contribution < -0.4 is 10.6 Å². The lowest BCUT2D eigenvalue weighted by Gasteiger charge is -2.10. The van der Waals surface area contributed by atoms with Crippen LogP contribution in [0.5, 0.6) is 0 Å². The van der Waals surface area contributed by atoms with Gasteiger partial charge in [0, 0.05) is 29.1 Å². The van der Waals surface area contributed by atoms with Gasteiger partial charge in [-0.1, -0.05) is 18.2 Å². The summed E-state index contributed by atoms with van der Waals surface area (Å²) in [4.78, 5) is 35.2. The molecule has 0 saturated carbocycles. The maximum absolute atomic E-state index is 12.2. The topological polar surface area (TPSA) is 84.5 Å². The van der Waals surface area contributed by atoms with Gasteiger partial charge in [-0.05, 0) is 49.7 Å². The molecule has 0 radical (unpaired) electrons. The number of rotatable bonds is 6. The Kier molecular flexibility index (Phi) is 6.68. The van der Waals surface area contributed by atoms with Gasteiger partial charge in [-0.3, -0.25) is 9.59 Å². The lowest BCUT2D eigenvalue weighted by molar-refractivity contribution is -0.137. The molecule has 6 heteroatoms. The van der Waals surface area contributed by atoms with Gasteiger partial charge in [0.05, 0.1) is 6.61 Å². The van der Waals surface area contributed by atoms with Crippen LogP contribution in [0.4, 0.5) is 11.4 Å². The zero-order chi connectivity index (χ0) is 18.9. The first-order valence-electron chi connectivity index (χ1n) is 8.12. The van der Waals surface area contributed by atoms with Crippen LogP contribution in [0.3, 0.4) is 0 Å². The summed E-state index contributed by atoms with van der Waals surface area (Å²) in [5.74, 6) is -1.22. The van der Waals surface area contributed by atoms with E-state index in [9.17, 15) is 14.4 Å². The molecule has 0 heterocycles. The van der Waals surface area contributed by atoms with Crippen molar-refractivity contribution < 1.29 is 19.1 Å². The number of carbonyl (C=O) groups excluding carboxylic acids is 3. The maximum Gasteiger partial charge on any atom is 0.330 e. The van der Waals surface area contributed by atoms with E-state index in [-0.39, 0.29) is 12.5 Å². The Bertz CT molecular complexity index is 829. The average molecular weight is 352 g/mol. The highest BCUT2D eigenvalue weighted by atomic mass is 16.5. The average Bonchev–Trinajstić information content (AvgIpc) is 2.63. The first-order valence-corrected chi connectivity index (χ1v) is 8.12. The third-order valence-corrected chi connectivity index (χ3v) is 3.44. The molecule has 0 fully saturated rings. The Labute approximate surface area is 151 Å². The SMILES string of the molecule is CCOC(=O)/C=C/C(=O)Nc1ccc(NC(=O)c2ccccc2)c(C)c1. The molecule has 0 aromatic heterocycles. The second kappa shape index (κ2) is 9.17. The molecule has 0 saturated heterocycles. The Morgan fingerprint density at radius 3 is 2.38 bits per heavy atom. The molecule has 0 unspecified atom stereocenters. The molecule has 2 rings (SSSR count). The van der Waals surface area contributed by atoms with E-state index >= 15 is 0 Å². The van der Waals surface area contributed by atoms with E-state index in [1.54, 1.807) is 49.4 Å². The van der Waals surface area contributed by atoms with Crippen molar-refractivity contribution in [3.05, 3.63) is 71.8 Å². The van der Waals surface area contributed by atoms with Gasteiger partial charge >= 0.3 is 5.97 Å². The van der Waals surface area contributed by atoms with Gasteiger partial charge in [-0.2, -0.15) is 0 Å². The minimum absolute atomic E-state index is 0.206. The fraction of sp³-hybridized carbons (Fsp3) is 0.150. The number of benzene rings is 2. The third kappa shape index (κ3) is 5.59. The van der Waals surface area contributed by atoms with Crippen molar-refractivity contribution in [3.8, 4) is 0 Å². The van der Waals surface area contributed by atoms with Crippen molar-refractivity contribution in [1.82, 2.24) is 0 Å². The molecule has 6 nitrogen and oxygen atoms in total. The molecule has 2 N–H and O–H groups in total. The highest BCUT2D eigenvalue weighted by molar-refractivity contribution is 6.05. The van der Waals surface area contributed by atoms with Crippen molar-refractivity contribution in [2.45, 2.75) is 13.8 Å². The highest BCUT2D eigenvalue weighted by Gasteiger charge is 2.08. The lowest BCUT2D eigenvalue weighted by atomic mass is 10.1. The van der Waals surface area contributed by atoms with Crippen molar-refractivity contribution in [1.29, 1.82) is 0 Å². The van der Waals surface area contributed by atoms with Gasteiger partial charge in [0.1, 0.15) is 0 Å². The summed E-state index contributed by atoms with van der Waals surface area (Å²) in [7, 11) is 0. The second-order valence-electron chi connectivity index (χ2n) is 5.42. The predicted octanol–water partition coefficient (Wildman–Crippen LogP) is 3.31. The first kappa shape index (κ1) is 18.9. The maximum atomic E-state index is 12.2. The summed E-state index contributed by atoms with van der Waals surface area (Å²) in [6, 6.07) is 14.0. The number of nitrogens with one attached hydrogen (secondary N) is 2. The zero-order valence-electron chi connectivity index (χ0n) is 14.6. The smallest absolute Gasteiger partial charge is 0.330 e. The number of anilines is 2. The molecule has 0 aliphatic rings. The summed E-state index contributed by atoms with van der Waals surface area (Å²) in [6.45, 7) is 3.76. The number of carbonyl (C=O) groups is 3. The van der Waals surface area contributed by atoms with Crippen LogP contribution in [0.15, 0.2) is 60.7 Å². The number of hydrogen-bond donors (Lipinski definition) is 2. The molecular formula is C20H20N2O4. The second-order valence-corrected chi connectivity index (χ2v) is 5.42. The summed E-state index contributed by atoms with van der Waals surface area (Å²) in [5, 5.41) is 5.48. The monoisotopic (exact) mass is 352 g/mol. The molecule has 0 aliphatic heterocycles. The molecule has 2 amide bonds. The fourth-order valence-electron chi connectivity index (χ4n) is 2.18. The van der Waals surface area contributed by atoms with Crippen molar-refractivity contribution in [2.24, 2.45) is 0 Å². The largest absolute Gasteiger partial charge is 0.463 e. The molecular weight excluding hydrogens is 332 g/mol. The third-order valence-electron chi connectivity index (χ3n) is 3.44. The highest BCUT2D eigenvalue weighted by Crippen LogP contribution is 2.20. The molecule has 134 valence electrons. The lowest BCUT2D eigenvalue weighted by Crippen LogP contribution is -2.13. The Morgan fingerprint density at radius 2 is 1.73 bits per heavy atom. The zero-order valence-corrected chi connectivity index (χ0v) is 14.6. The molecule has 2 aromatic rings.